The highest BCUT2D eigenvalue weighted by molar-refractivity contribution is 9.10. The van der Waals surface area contributed by atoms with Crippen molar-refractivity contribution in [2.45, 2.75) is 6.61 Å². The van der Waals surface area contributed by atoms with Gasteiger partial charge in [0.1, 0.15) is 5.65 Å². The van der Waals surface area contributed by atoms with Crippen LogP contribution in [-0.4, -0.2) is 16.5 Å². The summed E-state index contributed by atoms with van der Waals surface area (Å²) in [5, 5.41) is 0. The molecule has 0 unspecified atom stereocenters. The Morgan fingerprint density at radius 1 is 1.62 bits per heavy atom. The Kier molecular flexibility index (Phi) is 2.33. The molecule has 0 bridgehead atoms. The molecule has 0 aliphatic heterocycles. The van der Waals surface area contributed by atoms with E-state index >= 15 is 0 Å². The Bertz CT molecular complexity index is 424. The second-order valence-electron chi connectivity index (χ2n) is 2.78. The molecule has 3 nitrogen and oxygen atoms in total. The summed E-state index contributed by atoms with van der Waals surface area (Å²) in [5.74, 6) is 0. The Morgan fingerprint density at radius 2 is 2.46 bits per heavy atom. The summed E-state index contributed by atoms with van der Waals surface area (Å²) >= 11 is 3.40. The quantitative estimate of drug-likeness (QED) is 0.806. The number of aromatic nitrogens is 2. The monoisotopic (exact) mass is 240 g/mol. The molecule has 0 fully saturated rings. The smallest absolute Gasteiger partial charge is 0.138 e. The molecule has 0 radical (unpaired) electrons. The zero-order chi connectivity index (χ0) is 9.26. The van der Waals surface area contributed by atoms with Gasteiger partial charge in [-0.05, 0) is 12.1 Å². The normalized spacial score (nSPS) is 10.9. The van der Waals surface area contributed by atoms with Crippen molar-refractivity contribution in [3.8, 4) is 0 Å². The number of methoxy groups -OCH3 is 1. The lowest BCUT2D eigenvalue weighted by molar-refractivity contribution is 0.182. The lowest BCUT2D eigenvalue weighted by atomic mass is 10.5. The second-order valence-corrected chi connectivity index (χ2v) is 3.69. The molecule has 0 aliphatic carbocycles. The van der Waals surface area contributed by atoms with Crippen LogP contribution in [0.25, 0.3) is 5.65 Å². The second kappa shape index (κ2) is 3.47. The third-order valence-electron chi connectivity index (χ3n) is 1.76. The number of rotatable bonds is 2. The minimum absolute atomic E-state index is 0.555. The third kappa shape index (κ3) is 1.73. The number of hydrogen-bond donors (Lipinski definition) is 0. The van der Waals surface area contributed by atoms with Crippen LogP contribution in [-0.2, 0) is 11.3 Å². The number of fused-ring (bicyclic) bond motifs is 1. The van der Waals surface area contributed by atoms with Gasteiger partial charge in [0.25, 0.3) is 0 Å². The minimum atomic E-state index is 0.555. The molecule has 68 valence electrons. The molecule has 0 aliphatic rings. The zero-order valence-corrected chi connectivity index (χ0v) is 8.78. The fourth-order valence-corrected chi connectivity index (χ4v) is 1.55. The highest BCUT2D eigenvalue weighted by Gasteiger charge is 2.00. The van der Waals surface area contributed by atoms with E-state index in [-0.39, 0.29) is 0 Å². The van der Waals surface area contributed by atoms with E-state index < -0.39 is 0 Å². The predicted molar refractivity (Wildman–Crippen MR) is 53.6 cm³/mol. The van der Waals surface area contributed by atoms with E-state index in [9.17, 15) is 0 Å². The molecule has 2 heterocycles. The van der Waals surface area contributed by atoms with Crippen LogP contribution in [0.1, 0.15) is 5.69 Å². The summed E-state index contributed by atoms with van der Waals surface area (Å²) in [6.07, 6.45) is 3.93. The van der Waals surface area contributed by atoms with Gasteiger partial charge >= 0.3 is 0 Å². The van der Waals surface area contributed by atoms with Crippen molar-refractivity contribution < 1.29 is 4.74 Å². The summed E-state index contributed by atoms with van der Waals surface area (Å²) in [4.78, 5) is 4.37. The Hall–Kier alpha value is -0.870. The topological polar surface area (TPSA) is 26.5 Å². The molecule has 0 amide bonds. The van der Waals surface area contributed by atoms with Crippen molar-refractivity contribution >= 4 is 21.6 Å². The van der Waals surface area contributed by atoms with Gasteiger partial charge in [-0.25, -0.2) is 4.98 Å². The first-order valence-corrected chi connectivity index (χ1v) is 4.71. The van der Waals surface area contributed by atoms with Crippen LogP contribution in [0, 0.1) is 0 Å². The molecule has 4 heteroatoms. The summed E-state index contributed by atoms with van der Waals surface area (Å²) in [6, 6.07) is 3.95. The standard InChI is InChI=1S/C9H9BrN2O/c1-13-6-8-5-12-3-2-7(10)4-9(12)11-8/h2-5H,6H2,1H3. The first-order valence-electron chi connectivity index (χ1n) is 3.91. The summed E-state index contributed by atoms with van der Waals surface area (Å²) in [7, 11) is 1.67. The fraction of sp³-hybridized carbons (Fsp3) is 0.222. The average Bonchev–Trinajstić information content (AvgIpc) is 2.46. The van der Waals surface area contributed by atoms with Crippen LogP contribution in [0.5, 0.6) is 0 Å². The molecule has 0 aromatic carbocycles. The molecule has 0 saturated carbocycles. The third-order valence-corrected chi connectivity index (χ3v) is 2.26. The van der Waals surface area contributed by atoms with Crippen LogP contribution in [0.4, 0.5) is 0 Å². The Morgan fingerprint density at radius 3 is 3.23 bits per heavy atom. The van der Waals surface area contributed by atoms with E-state index in [4.69, 9.17) is 4.74 Å². The molecular weight excluding hydrogens is 232 g/mol. The van der Waals surface area contributed by atoms with Gasteiger partial charge in [0.2, 0.25) is 0 Å². The Balaban J connectivity index is 2.49. The van der Waals surface area contributed by atoms with Gasteiger partial charge in [-0.2, -0.15) is 0 Å². The lowest BCUT2D eigenvalue weighted by Crippen LogP contribution is -1.85. The molecule has 0 saturated heterocycles. The molecule has 0 N–H and O–H groups in total. The number of pyridine rings is 1. The van der Waals surface area contributed by atoms with Crippen molar-refractivity contribution in [1.82, 2.24) is 9.38 Å². The van der Waals surface area contributed by atoms with E-state index in [1.54, 1.807) is 7.11 Å². The van der Waals surface area contributed by atoms with Crippen molar-refractivity contribution in [1.29, 1.82) is 0 Å². The largest absolute Gasteiger partial charge is 0.378 e. The van der Waals surface area contributed by atoms with E-state index in [2.05, 4.69) is 20.9 Å². The van der Waals surface area contributed by atoms with E-state index in [0.717, 1.165) is 15.8 Å². The molecule has 0 atom stereocenters. The molecule has 0 spiro atoms. The van der Waals surface area contributed by atoms with Crippen molar-refractivity contribution in [3.05, 3.63) is 34.7 Å². The molecule has 2 aromatic heterocycles. The Labute approximate surface area is 84.5 Å². The van der Waals surface area contributed by atoms with Crippen LogP contribution in [0.15, 0.2) is 29.0 Å². The van der Waals surface area contributed by atoms with Gasteiger partial charge in [-0.3, -0.25) is 0 Å². The highest BCUT2D eigenvalue weighted by Crippen LogP contribution is 2.13. The van der Waals surface area contributed by atoms with Crippen LogP contribution >= 0.6 is 15.9 Å². The molecule has 13 heavy (non-hydrogen) atoms. The summed E-state index contributed by atoms with van der Waals surface area (Å²) < 4.78 is 8.01. The fourth-order valence-electron chi connectivity index (χ4n) is 1.23. The number of hydrogen-bond acceptors (Lipinski definition) is 2. The van der Waals surface area contributed by atoms with Gasteiger partial charge in [0.15, 0.2) is 0 Å². The van der Waals surface area contributed by atoms with Gasteiger partial charge in [-0.15, -0.1) is 0 Å². The van der Waals surface area contributed by atoms with Crippen LogP contribution < -0.4 is 0 Å². The van der Waals surface area contributed by atoms with Crippen molar-refractivity contribution in [3.63, 3.8) is 0 Å². The van der Waals surface area contributed by atoms with Gasteiger partial charge in [-0.1, -0.05) is 15.9 Å². The van der Waals surface area contributed by atoms with Crippen molar-refractivity contribution in [2.24, 2.45) is 0 Å². The zero-order valence-electron chi connectivity index (χ0n) is 7.20. The molecule has 2 aromatic rings. The SMILES string of the molecule is COCc1cn2ccc(Br)cc2n1. The summed E-state index contributed by atoms with van der Waals surface area (Å²) in [6.45, 7) is 0.555. The van der Waals surface area contributed by atoms with Gasteiger partial charge in [0, 0.05) is 24.0 Å². The highest BCUT2D eigenvalue weighted by atomic mass is 79.9. The molecule has 2 rings (SSSR count). The number of imidazole rings is 1. The first kappa shape index (κ1) is 8.72. The number of nitrogens with zero attached hydrogens (tertiary/aromatic N) is 2. The number of ether oxygens (including phenoxy) is 1. The maximum Gasteiger partial charge on any atom is 0.138 e. The maximum absolute atomic E-state index is 5.00. The van der Waals surface area contributed by atoms with Crippen LogP contribution in [0.2, 0.25) is 0 Å². The van der Waals surface area contributed by atoms with Crippen LogP contribution in [0.3, 0.4) is 0 Å². The summed E-state index contributed by atoms with van der Waals surface area (Å²) in [5.41, 5.74) is 1.88. The minimum Gasteiger partial charge on any atom is -0.378 e. The predicted octanol–water partition coefficient (Wildman–Crippen LogP) is 2.24. The lowest BCUT2D eigenvalue weighted by Gasteiger charge is -1.91. The van der Waals surface area contributed by atoms with E-state index in [1.165, 1.54) is 0 Å². The number of halogens is 1. The average molecular weight is 241 g/mol. The maximum atomic E-state index is 5.00. The first-order chi connectivity index (χ1) is 6.29. The van der Waals surface area contributed by atoms with Gasteiger partial charge < -0.3 is 9.14 Å². The van der Waals surface area contributed by atoms with E-state index in [1.807, 2.05) is 28.9 Å². The molecular formula is C9H9BrN2O. The van der Waals surface area contributed by atoms with E-state index in [0.29, 0.717) is 6.61 Å². The van der Waals surface area contributed by atoms with Gasteiger partial charge in [0.05, 0.1) is 12.3 Å². The van der Waals surface area contributed by atoms with Crippen molar-refractivity contribution in [2.75, 3.05) is 7.11 Å².